The lowest BCUT2D eigenvalue weighted by Gasteiger charge is -2.12. The van der Waals surface area contributed by atoms with Gasteiger partial charge in [-0.2, -0.15) is 0 Å². The number of halogens is 1. The molecule has 0 unspecified atom stereocenters. The van der Waals surface area contributed by atoms with Crippen molar-refractivity contribution in [3.05, 3.63) is 78.1 Å². The quantitative estimate of drug-likeness (QED) is 0.444. The Morgan fingerprint density at radius 2 is 1.81 bits per heavy atom. The van der Waals surface area contributed by atoms with Gasteiger partial charge in [-0.25, -0.2) is 17.8 Å². The average molecular weight is 458 g/mol. The van der Waals surface area contributed by atoms with E-state index in [1.54, 1.807) is 12.1 Å². The molecule has 0 radical (unpaired) electrons. The van der Waals surface area contributed by atoms with E-state index in [0.29, 0.717) is 16.0 Å². The van der Waals surface area contributed by atoms with Gasteiger partial charge in [-0.15, -0.1) is 0 Å². The van der Waals surface area contributed by atoms with Gasteiger partial charge in [0.1, 0.15) is 11.6 Å². The van der Waals surface area contributed by atoms with Crippen LogP contribution in [0.1, 0.15) is 10.4 Å². The number of sulfonamides is 1. The summed E-state index contributed by atoms with van der Waals surface area (Å²) < 4.78 is 47.0. The molecule has 1 amide bonds. The van der Waals surface area contributed by atoms with E-state index in [0.717, 1.165) is 11.3 Å². The molecule has 7 nitrogen and oxygen atoms in total. The first-order valence-corrected chi connectivity index (χ1v) is 11.3. The molecule has 0 aliphatic heterocycles. The summed E-state index contributed by atoms with van der Waals surface area (Å²) in [7, 11) is -2.45. The van der Waals surface area contributed by atoms with Crippen molar-refractivity contribution in [2.75, 3.05) is 17.1 Å². The largest absolute Gasteiger partial charge is 0.497 e. The topological polar surface area (TPSA) is 97.4 Å². The highest BCUT2D eigenvalue weighted by Crippen LogP contribution is 2.28. The normalized spacial score (nSPS) is 11.3. The second-order valence-corrected chi connectivity index (χ2v) is 9.12. The van der Waals surface area contributed by atoms with Crippen LogP contribution in [0.5, 0.6) is 5.75 Å². The Hall–Kier alpha value is -3.50. The fourth-order valence-electron chi connectivity index (χ4n) is 2.85. The number of carbonyl (C=O) groups is 1. The fraction of sp³-hybridized carbons (Fsp3) is 0.0476. The van der Waals surface area contributed by atoms with Gasteiger partial charge < -0.3 is 4.74 Å². The van der Waals surface area contributed by atoms with Crippen LogP contribution in [0.4, 0.5) is 15.2 Å². The average Bonchev–Trinajstić information content (AvgIpc) is 3.15. The van der Waals surface area contributed by atoms with E-state index in [1.165, 1.54) is 61.7 Å². The maximum atomic E-state index is 13.4. The Labute approximate surface area is 181 Å². The molecule has 4 aromatic rings. The number of aromatic nitrogens is 1. The van der Waals surface area contributed by atoms with Gasteiger partial charge in [-0.1, -0.05) is 23.5 Å². The van der Waals surface area contributed by atoms with E-state index >= 15 is 0 Å². The minimum atomic E-state index is -3.93. The van der Waals surface area contributed by atoms with Gasteiger partial charge in [0.15, 0.2) is 5.13 Å². The number of hydrogen-bond acceptors (Lipinski definition) is 6. The van der Waals surface area contributed by atoms with Crippen molar-refractivity contribution >= 4 is 48.3 Å². The Bertz CT molecular complexity index is 1370. The monoisotopic (exact) mass is 457 g/mol. The summed E-state index contributed by atoms with van der Waals surface area (Å²) in [5, 5.41) is 2.92. The van der Waals surface area contributed by atoms with Crippen LogP contribution >= 0.6 is 11.3 Å². The van der Waals surface area contributed by atoms with Gasteiger partial charge in [0.25, 0.3) is 15.9 Å². The fourth-order valence-corrected chi connectivity index (χ4v) is 4.81. The molecular formula is C21H16FN3O4S2. The minimum Gasteiger partial charge on any atom is -0.497 e. The second kappa shape index (κ2) is 8.32. The lowest BCUT2D eigenvalue weighted by Crippen LogP contribution is -2.18. The first-order valence-electron chi connectivity index (χ1n) is 8.99. The molecule has 0 fully saturated rings. The number of para-hydroxylation sites is 1. The van der Waals surface area contributed by atoms with Crippen molar-refractivity contribution < 1.29 is 22.3 Å². The zero-order valence-electron chi connectivity index (χ0n) is 16.1. The molecule has 0 bridgehead atoms. The van der Waals surface area contributed by atoms with E-state index in [1.807, 2.05) is 0 Å². The first kappa shape index (κ1) is 20.8. The summed E-state index contributed by atoms with van der Waals surface area (Å²) in [5.74, 6) is -0.422. The number of benzene rings is 3. The van der Waals surface area contributed by atoms with E-state index in [4.69, 9.17) is 4.74 Å². The van der Waals surface area contributed by atoms with Crippen LogP contribution in [0, 0.1) is 5.82 Å². The Morgan fingerprint density at radius 3 is 2.55 bits per heavy atom. The number of carbonyl (C=O) groups excluding carboxylic acids is 1. The SMILES string of the molecule is COc1ccc(S(=O)(=O)Nc2ccccc2C(=O)Nc2nc3ccc(F)cc3s2)cc1. The van der Waals surface area contributed by atoms with E-state index < -0.39 is 21.7 Å². The molecule has 0 spiro atoms. The maximum absolute atomic E-state index is 13.4. The molecule has 0 aliphatic rings. The summed E-state index contributed by atoms with van der Waals surface area (Å²) in [6.07, 6.45) is 0. The Kier molecular flexibility index (Phi) is 5.57. The molecule has 0 saturated heterocycles. The van der Waals surface area contributed by atoms with Crippen LogP contribution in [-0.4, -0.2) is 26.4 Å². The molecule has 0 saturated carbocycles. The standard InChI is InChI=1S/C21H16FN3O4S2/c1-29-14-7-9-15(10-8-14)31(27,28)25-17-5-3-2-4-16(17)20(26)24-21-23-18-11-6-13(22)12-19(18)30-21/h2-12,25H,1H3,(H,23,24,26). The predicted molar refractivity (Wildman–Crippen MR) is 118 cm³/mol. The molecule has 1 heterocycles. The first-order chi connectivity index (χ1) is 14.9. The number of anilines is 2. The van der Waals surface area contributed by atoms with Crippen molar-refractivity contribution in [1.82, 2.24) is 4.98 Å². The van der Waals surface area contributed by atoms with E-state index in [2.05, 4.69) is 15.0 Å². The van der Waals surface area contributed by atoms with Crippen molar-refractivity contribution in [3.8, 4) is 5.75 Å². The Morgan fingerprint density at radius 1 is 1.06 bits per heavy atom. The summed E-state index contributed by atoms with van der Waals surface area (Å²) >= 11 is 1.12. The Balaban J connectivity index is 1.59. The van der Waals surface area contributed by atoms with Crippen molar-refractivity contribution in [2.45, 2.75) is 4.90 Å². The number of nitrogens with one attached hydrogen (secondary N) is 2. The smallest absolute Gasteiger partial charge is 0.261 e. The van der Waals surface area contributed by atoms with Crippen LogP contribution in [0.25, 0.3) is 10.2 Å². The number of methoxy groups -OCH3 is 1. The molecule has 0 aliphatic carbocycles. The lowest BCUT2D eigenvalue weighted by molar-refractivity contribution is 0.102. The highest BCUT2D eigenvalue weighted by Gasteiger charge is 2.19. The maximum Gasteiger partial charge on any atom is 0.261 e. The van der Waals surface area contributed by atoms with Gasteiger partial charge in [0.05, 0.1) is 33.5 Å². The number of hydrogen-bond donors (Lipinski definition) is 2. The van der Waals surface area contributed by atoms with Crippen molar-refractivity contribution in [1.29, 1.82) is 0 Å². The van der Waals surface area contributed by atoms with E-state index in [-0.39, 0.29) is 21.3 Å². The minimum absolute atomic E-state index is 0.0247. The van der Waals surface area contributed by atoms with Crippen molar-refractivity contribution in [3.63, 3.8) is 0 Å². The number of thiazole rings is 1. The lowest BCUT2D eigenvalue weighted by atomic mass is 10.2. The van der Waals surface area contributed by atoms with Crippen LogP contribution in [-0.2, 0) is 10.0 Å². The number of rotatable bonds is 6. The van der Waals surface area contributed by atoms with Crippen LogP contribution in [0.2, 0.25) is 0 Å². The third-order valence-corrected chi connectivity index (χ3v) is 6.67. The number of ether oxygens (including phenoxy) is 1. The third kappa shape index (κ3) is 4.49. The highest BCUT2D eigenvalue weighted by molar-refractivity contribution is 7.92. The summed E-state index contributed by atoms with van der Waals surface area (Å²) in [5.41, 5.74) is 0.781. The van der Waals surface area contributed by atoms with Gasteiger partial charge in [-0.05, 0) is 54.6 Å². The van der Waals surface area contributed by atoms with Crippen LogP contribution in [0.3, 0.4) is 0 Å². The molecule has 1 aromatic heterocycles. The molecule has 158 valence electrons. The summed E-state index contributed by atoms with van der Waals surface area (Å²) in [4.78, 5) is 17.1. The van der Waals surface area contributed by atoms with E-state index in [9.17, 15) is 17.6 Å². The van der Waals surface area contributed by atoms with Crippen LogP contribution in [0.15, 0.2) is 71.6 Å². The molecule has 2 N–H and O–H groups in total. The number of nitrogens with zero attached hydrogens (tertiary/aromatic N) is 1. The molecule has 4 rings (SSSR count). The third-order valence-electron chi connectivity index (χ3n) is 4.36. The predicted octanol–water partition coefficient (Wildman–Crippen LogP) is 4.50. The van der Waals surface area contributed by atoms with Gasteiger partial charge in [0, 0.05) is 0 Å². The van der Waals surface area contributed by atoms with Crippen molar-refractivity contribution in [2.24, 2.45) is 0 Å². The van der Waals surface area contributed by atoms with Gasteiger partial charge >= 0.3 is 0 Å². The summed E-state index contributed by atoms with van der Waals surface area (Å²) in [6, 6.07) is 16.2. The van der Waals surface area contributed by atoms with Gasteiger partial charge in [-0.3, -0.25) is 14.8 Å². The number of fused-ring (bicyclic) bond motifs is 1. The zero-order chi connectivity index (χ0) is 22.0. The summed E-state index contributed by atoms with van der Waals surface area (Å²) in [6.45, 7) is 0. The van der Waals surface area contributed by atoms with Crippen LogP contribution < -0.4 is 14.8 Å². The molecule has 0 atom stereocenters. The molecule has 3 aromatic carbocycles. The molecular weight excluding hydrogens is 441 g/mol. The zero-order valence-corrected chi connectivity index (χ0v) is 17.8. The molecule has 10 heteroatoms. The number of amides is 1. The molecule has 31 heavy (non-hydrogen) atoms. The van der Waals surface area contributed by atoms with Gasteiger partial charge in [0.2, 0.25) is 0 Å². The second-order valence-electron chi connectivity index (χ2n) is 6.41. The highest BCUT2D eigenvalue weighted by atomic mass is 32.2.